The van der Waals surface area contributed by atoms with Crippen LogP contribution in [0.1, 0.15) is 18.7 Å². The number of amides is 1. The van der Waals surface area contributed by atoms with Gasteiger partial charge >= 0.3 is 0 Å². The standard InChI is InChI=1S/C18H15F2N3O2/c19-11-8-9-13(20)15(10-11)22-17(24)7-3-6-16-21-14-5-2-1-4-12(14)18(25)23-16/h1-2,4-5,8-10H,3,6-7H2,(H,22,24)(H,21,23,25). The number of halogens is 2. The number of anilines is 1. The lowest BCUT2D eigenvalue weighted by Gasteiger charge is -2.07. The maximum absolute atomic E-state index is 13.5. The molecule has 0 aliphatic carbocycles. The second-order valence-corrected chi connectivity index (χ2v) is 5.56. The van der Waals surface area contributed by atoms with E-state index in [2.05, 4.69) is 15.3 Å². The van der Waals surface area contributed by atoms with Crippen LogP contribution in [0.5, 0.6) is 0 Å². The Labute approximate surface area is 141 Å². The fourth-order valence-corrected chi connectivity index (χ4v) is 2.48. The number of carbonyl (C=O) groups excluding carboxylic acids is 1. The van der Waals surface area contributed by atoms with Crippen LogP contribution in [0.4, 0.5) is 14.5 Å². The Morgan fingerprint density at radius 3 is 2.80 bits per heavy atom. The van der Waals surface area contributed by atoms with Crippen molar-refractivity contribution in [3.8, 4) is 0 Å². The highest BCUT2D eigenvalue weighted by atomic mass is 19.1. The number of rotatable bonds is 5. The minimum atomic E-state index is -0.699. The zero-order valence-electron chi connectivity index (χ0n) is 13.2. The number of H-pyrrole nitrogens is 1. The number of para-hydroxylation sites is 1. The largest absolute Gasteiger partial charge is 0.324 e. The van der Waals surface area contributed by atoms with E-state index in [0.717, 1.165) is 18.2 Å². The van der Waals surface area contributed by atoms with Crippen molar-refractivity contribution < 1.29 is 13.6 Å². The van der Waals surface area contributed by atoms with Gasteiger partial charge < -0.3 is 10.3 Å². The molecule has 0 aliphatic heterocycles. The summed E-state index contributed by atoms with van der Waals surface area (Å²) >= 11 is 0. The topological polar surface area (TPSA) is 74.8 Å². The Kier molecular flexibility index (Phi) is 4.83. The minimum absolute atomic E-state index is 0.0898. The lowest BCUT2D eigenvalue weighted by molar-refractivity contribution is -0.116. The van der Waals surface area contributed by atoms with E-state index in [1.807, 2.05) is 0 Å². The van der Waals surface area contributed by atoms with E-state index >= 15 is 0 Å². The van der Waals surface area contributed by atoms with Crippen LogP contribution in [0.15, 0.2) is 47.3 Å². The van der Waals surface area contributed by atoms with E-state index in [9.17, 15) is 18.4 Å². The van der Waals surface area contributed by atoms with Gasteiger partial charge in [-0.3, -0.25) is 9.59 Å². The molecule has 2 aromatic carbocycles. The van der Waals surface area contributed by atoms with E-state index in [1.54, 1.807) is 24.3 Å². The summed E-state index contributed by atoms with van der Waals surface area (Å²) < 4.78 is 26.6. The van der Waals surface area contributed by atoms with E-state index in [-0.39, 0.29) is 17.7 Å². The Morgan fingerprint density at radius 1 is 1.16 bits per heavy atom. The van der Waals surface area contributed by atoms with Crippen molar-refractivity contribution in [2.45, 2.75) is 19.3 Å². The molecule has 128 valence electrons. The molecule has 0 atom stereocenters. The van der Waals surface area contributed by atoms with Gasteiger partial charge in [0.1, 0.15) is 17.5 Å². The van der Waals surface area contributed by atoms with Gasteiger partial charge in [-0.15, -0.1) is 0 Å². The summed E-state index contributed by atoms with van der Waals surface area (Å²) in [5, 5.41) is 2.84. The average Bonchev–Trinajstić information content (AvgIpc) is 2.58. The van der Waals surface area contributed by atoms with Crippen molar-refractivity contribution in [3.05, 3.63) is 70.3 Å². The van der Waals surface area contributed by atoms with E-state index in [0.29, 0.717) is 29.6 Å². The second kappa shape index (κ2) is 7.21. The number of fused-ring (bicyclic) bond motifs is 1. The van der Waals surface area contributed by atoms with Crippen LogP contribution in [-0.4, -0.2) is 15.9 Å². The number of hydrogen-bond acceptors (Lipinski definition) is 3. The van der Waals surface area contributed by atoms with E-state index in [1.165, 1.54) is 0 Å². The van der Waals surface area contributed by atoms with Gasteiger partial charge in [-0.2, -0.15) is 0 Å². The fraction of sp³-hybridized carbons (Fsp3) is 0.167. The summed E-state index contributed by atoms with van der Waals surface area (Å²) in [7, 11) is 0. The summed E-state index contributed by atoms with van der Waals surface area (Å²) in [6, 6.07) is 9.84. The van der Waals surface area contributed by atoms with Crippen molar-refractivity contribution in [2.24, 2.45) is 0 Å². The monoisotopic (exact) mass is 343 g/mol. The number of benzene rings is 2. The number of nitrogens with one attached hydrogen (secondary N) is 2. The lowest BCUT2D eigenvalue weighted by atomic mass is 10.2. The molecule has 0 saturated carbocycles. The first kappa shape index (κ1) is 16.8. The molecule has 5 nitrogen and oxygen atoms in total. The molecular formula is C18H15F2N3O2. The predicted octanol–water partition coefficient (Wildman–Crippen LogP) is 3.16. The Balaban J connectivity index is 1.60. The van der Waals surface area contributed by atoms with Crippen molar-refractivity contribution in [1.29, 1.82) is 0 Å². The van der Waals surface area contributed by atoms with Gasteiger partial charge in [0.2, 0.25) is 5.91 Å². The normalized spacial score (nSPS) is 10.8. The van der Waals surface area contributed by atoms with Gasteiger partial charge in [-0.25, -0.2) is 13.8 Å². The van der Waals surface area contributed by atoms with Crippen LogP contribution in [-0.2, 0) is 11.2 Å². The van der Waals surface area contributed by atoms with Crippen molar-refractivity contribution in [1.82, 2.24) is 9.97 Å². The van der Waals surface area contributed by atoms with Gasteiger partial charge in [0.15, 0.2) is 0 Å². The van der Waals surface area contributed by atoms with Gasteiger partial charge in [-0.05, 0) is 30.7 Å². The Hall–Kier alpha value is -3.09. The number of aromatic amines is 1. The van der Waals surface area contributed by atoms with Crippen LogP contribution in [0.3, 0.4) is 0 Å². The SMILES string of the molecule is O=C(CCCc1nc2ccccc2c(=O)[nH]1)Nc1cc(F)ccc1F. The molecule has 7 heteroatoms. The maximum Gasteiger partial charge on any atom is 0.258 e. The number of aromatic nitrogens is 2. The molecule has 0 aliphatic rings. The highest BCUT2D eigenvalue weighted by molar-refractivity contribution is 5.90. The molecule has 0 spiro atoms. The fourth-order valence-electron chi connectivity index (χ4n) is 2.48. The lowest BCUT2D eigenvalue weighted by Crippen LogP contribution is -2.15. The first-order valence-corrected chi connectivity index (χ1v) is 7.76. The van der Waals surface area contributed by atoms with Crippen molar-refractivity contribution in [2.75, 3.05) is 5.32 Å². The van der Waals surface area contributed by atoms with E-state index < -0.39 is 17.5 Å². The molecule has 0 fully saturated rings. The second-order valence-electron chi connectivity index (χ2n) is 5.56. The molecular weight excluding hydrogens is 328 g/mol. The molecule has 3 rings (SSSR count). The van der Waals surface area contributed by atoms with Gasteiger partial charge in [-0.1, -0.05) is 12.1 Å². The van der Waals surface area contributed by atoms with Crippen LogP contribution >= 0.6 is 0 Å². The van der Waals surface area contributed by atoms with Crippen LogP contribution in [0.25, 0.3) is 10.9 Å². The third-order valence-electron chi connectivity index (χ3n) is 3.68. The van der Waals surface area contributed by atoms with Gasteiger partial charge in [0, 0.05) is 18.9 Å². The summed E-state index contributed by atoms with van der Waals surface area (Å²) in [4.78, 5) is 30.8. The van der Waals surface area contributed by atoms with Crippen LogP contribution in [0, 0.1) is 11.6 Å². The molecule has 0 radical (unpaired) electrons. The Morgan fingerprint density at radius 2 is 1.96 bits per heavy atom. The molecule has 1 aromatic heterocycles. The number of hydrogen-bond donors (Lipinski definition) is 2. The zero-order chi connectivity index (χ0) is 17.8. The first-order chi connectivity index (χ1) is 12.0. The van der Waals surface area contributed by atoms with Crippen LogP contribution < -0.4 is 10.9 Å². The third kappa shape index (κ3) is 4.06. The Bertz CT molecular complexity index is 985. The van der Waals surface area contributed by atoms with Crippen molar-refractivity contribution >= 4 is 22.5 Å². The molecule has 25 heavy (non-hydrogen) atoms. The highest BCUT2D eigenvalue weighted by Crippen LogP contribution is 2.16. The quantitative estimate of drug-likeness (QED) is 0.747. The molecule has 1 amide bonds. The first-order valence-electron chi connectivity index (χ1n) is 7.76. The van der Waals surface area contributed by atoms with Gasteiger partial charge in [0.25, 0.3) is 5.56 Å². The number of aryl methyl sites for hydroxylation is 1. The molecule has 0 unspecified atom stereocenters. The summed E-state index contributed by atoms with van der Waals surface area (Å²) in [5.74, 6) is -1.29. The van der Waals surface area contributed by atoms with Crippen molar-refractivity contribution in [3.63, 3.8) is 0 Å². The predicted molar refractivity (Wildman–Crippen MR) is 90.3 cm³/mol. The third-order valence-corrected chi connectivity index (χ3v) is 3.68. The average molecular weight is 343 g/mol. The number of carbonyl (C=O) groups is 1. The zero-order valence-corrected chi connectivity index (χ0v) is 13.2. The van der Waals surface area contributed by atoms with Crippen LogP contribution in [0.2, 0.25) is 0 Å². The molecule has 0 saturated heterocycles. The molecule has 1 heterocycles. The maximum atomic E-state index is 13.5. The highest BCUT2D eigenvalue weighted by Gasteiger charge is 2.09. The smallest absolute Gasteiger partial charge is 0.258 e. The van der Waals surface area contributed by atoms with Gasteiger partial charge in [0.05, 0.1) is 16.6 Å². The van der Waals surface area contributed by atoms with E-state index in [4.69, 9.17) is 0 Å². The minimum Gasteiger partial charge on any atom is -0.324 e. The molecule has 3 aromatic rings. The summed E-state index contributed by atoms with van der Waals surface area (Å²) in [5.41, 5.74) is 0.168. The summed E-state index contributed by atoms with van der Waals surface area (Å²) in [6.45, 7) is 0. The summed E-state index contributed by atoms with van der Waals surface area (Å²) in [6.07, 6.45) is 0.885. The molecule has 2 N–H and O–H groups in total. The number of nitrogens with zero attached hydrogens (tertiary/aromatic N) is 1. The molecule has 0 bridgehead atoms.